The lowest BCUT2D eigenvalue weighted by Gasteiger charge is -2.00. The molecule has 2 atom stereocenters. The predicted molar refractivity (Wildman–Crippen MR) is 45.7 cm³/mol. The Bertz CT molecular complexity index is 283. The Hall–Kier alpha value is -0.860. The van der Waals surface area contributed by atoms with Crippen LogP contribution < -0.4 is 0 Å². The standard InChI is InChI=1S/C10H12O2/c11-6-7-2-1-3-8(4-7)9-5-10(9)12/h1-4,9-12H,5-6H2. The Balaban J connectivity index is 2.21. The predicted octanol–water partition coefficient (Wildman–Crippen LogP) is 1.03. The van der Waals surface area contributed by atoms with Crippen molar-refractivity contribution in [2.45, 2.75) is 25.0 Å². The Morgan fingerprint density at radius 1 is 1.42 bits per heavy atom. The van der Waals surface area contributed by atoms with Crippen LogP contribution >= 0.6 is 0 Å². The lowest BCUT2D eigenvalue weighted by molar-refractivity contribution is 0.271. The number of benzene rings is 1. The van der Waals surface area contributed by atoms with Gasteiger partial charge in [0.05, 0.1) is 12.7 Å². The molecule has 1 aliphatic carbocycles. The molecule has 0 spiro atoms. The van der Waals surface area contributed by atoms with E-state index in [0.29, 0.717) is 5.92 Å². The fourth-order valence-corrected chi connectivity index (χ4v) is 1.46. The summed E-state index contributed by atoms with van der Waals surface area (Å²) in [6, 6.07) is 7.77. The van der Waals surface area contributed by atoms with Gasteiger partial charge in [-0.25, -0.2) is 0 Å². The van der Waals surface area contributed by atoms with Crippen molar-refractivity contribution in [1.82, 2.24) is 0 Å². The smallest absolute Gasteiger partial charge is 0.0681 e. The molecule has 1 saturated carbocycles. The summed E-state index contributed by atoms with van der Waals surface area (Å²) in [4.78, 5) is 0. The molecule has 0 saturated heterocycles. The summed E-state index contributed by atoms with van der Waals surface area (Å²) in [6.07, 6.45) is 0.716. The fraction of sp³-hybridized carbons (Fsp3) is 0.400. The molecule has 1 fully saturated rings. The van der Waals surface area contributed by atoms with Crippen LogP contribution in [0.2, 0.25) is 0 Å². The van der Waals surface area contributed by atoms with Crippen molar-refractivity contribution >= 4 is 0 Å². The molecule has 1 aromatic rings. The van der Waals surface area contributed by atoms with Crippen molar-refractivity contribution in [3.8, 4) is 0 Å². The molecule has 2 nitrogen and oxygen atoms in total. The van der Waals surface area contributed by atoms with Gasteiger partial charge in [0.25, 0.3) is 0 Å². The molecule has 2 unspecified atom stereocenters. The van der Waals surface area contributed by atoms with Gasteiger partial charge < -0.3 is 10.2 Å². The van der Waals surface area contributed by atoms with E-state index in [-0.39, 0.29) is 12.7 Å². The second-order valence-electron chi connectivity index (χ2n) is 3.31. The highest BCUT2D eigenvalue weighted by Crippen LogP contribution is 2.40. The van der Waals surface area contributed by atoms with E-state index < -0.39 is 0 Å². The van der Waals surface area contributed by atoms with Gasteiger partial charge in [-0.1, -0.05) is 24.3 Å². The third-order valence-electron chi connectivity index (χ3n) is 2.32. The van der Waals surface area contributed by atoms with Crippen molar-refractivity contribution < 1.29 is 10.2 Å². The molecule has 1 aliphatic rings. The van der Waals surface area contributed by atoms with Crippen molar-refractivity contribution in [1.29, 1.82) is 0 Å². The van der Waals surface area contributed by atoms with Gasteiger partial charge in [-0.2, -0.15) is 0 Å². The number of rotatable bonds is 2. The van der Waals surface area contributed by atoms with Gasteiger partial charge >= 0.3 is 0 Å². The van der Waals surface area contributed by atoms with Crippen molar-refractivity contribution in [3.05, 3.63) is 35.4 Å². The SMILES string of the molecule is OCc1cccc(C2CC2O)c1. The van der Waals surface area contributed by atoms with E-state index in [1.807, 2.05) is 24.3 Å². The van der Waals surface area contributed by atoms with Crippen LogP contribution in [0.4, 0.5) is 0 Å². The molecule has 0 bridgehead atoms. The zero-order chi connectivity index (χ0) is 8.55. The first-order chi connectivity index (χ1) is 5.81. The molecule has 2 rings (SSSR count). The highest BCUT2D eigenvalue weighted by atomic mass is 16.3. The molecule has 0 aromatic heterocycles. The van der Waals surface area contributed by atoms with Crippen LogP contribution in [-0.2, 0) is 6.61 Å². The van der Waals surface area contributed by atoms with Gasteiger partial charge in [-0.15, -0.1) is 0 Å². The first-order valence-corrected chi connectivity index (χ1v) is 4.19. The van der Waals surface area contributed by atoms with Crippen molar-refractivity contribution in [2.24, 2.45) is 0 Å². The van der Waals surface area contributed by atoms with Crippen molar-refractivity contribution in [2.75, 3.05) is 0 Å². The quantitative estimate of drug-likeness (QED) is 0.685. The molecule has 2 N–H and O–H groups in total. The molecule has 1 aromatic carbocycles. The van der Waals surface area contributed by atoms with E-state index in [9.17, 15) is 5.11 Å². The van der Waals surface area contributed by atoms with E-state index in [1.54, 1.807) is 0 Å². The summed E-state index contributed by atoms with van der Waals surface area (Å²) in [5.74, 6) is 0.316. The Morgan fingerprint density at radius 3 is 2.75 bits per heavy atom. The van der Waals surface area contributed by atoms with E-state index in [1.165, 1.54) is 0 Å². The van der Waals surface area contributed by atoms with Crippen LogP contribution in [0, 0.1) is 0 Å². The van der Waals surface area contributed by atoms with Crippen LogP contribution in [0.15, 0.2) is 24.3 Å². The number of hydrogen-bond donors (Lipinski definition) is 2. The van der Waals surface area contributed by atoms with E-state index in [4.69, 9.17) is 5.11 Å². The average molecular weight is 164 g/mol. The topological polar surface area (TPSA) is 40.5 Å². The highest BCUT2D eigenvalue weighted by Gasteiger charge is 2.36. The molecule has 0 aliphatic heterocycles. The third kappa shape index (κ3) is 1.36. The maximum atomic E-state index is 9.18. The molecule has 12 heavy (non-hydrogen) atoms. The lowest BCUT2D eigenvalue weighted by atomic mass is 10.1. The minimum atomic E-state index is -0.154. The Kier molecular flexibility index (Phi) is 1.87. The van der Waals surface area contributed by atoms with Gasteiger partial charge in [0, 0.05) is 5.92 Å². The van der Waals surface area contributed by atoms with Crippen LogP contribution in [0.5, 0.6) is 0 Å². The number of aliphatic hydroxyl groups excluding tert-OH is 2. The zero-order valence-electron chi connectivity index (χ0n) is 6.77. The normalized spacial score (nSPS) is 27.2. The summed E-state index contributed by atoms with van der Waals surface area (Å²) < 4.78 is 0. The summed E-state index contributed by atoms with van der Waals surface area (Å²) in [6.45, 7) is 0.0800. The largest absolute Gasteiger partial charge is 0.392 e. The molecular formula is C10H12O2. The van der Waals surface area contributed by atoms with Gasteiger partial charge in [-0.3, -0.25) is 0 Å². The molecule has 0 radical (unpaired) electrons. The van der Waals surface area contributed by atoms with Gasteiger partial charge in [-0.05, 0) is 17.5 Å². The molecule has 2 heteroatoms. The molecular weight excluding hydrogens is 152 g/mol. The first-order valence-electron chi connectivity index (χ1n) is 4.19. The molecule has 64 valence electrons. The molecule has 0 amide bonds. The number of hydrogen-bond acceptors (Lipinski definition) is 2. The summed E-state index contributed by atoms with van der Waals surface area (Å²) >= 11 is 0. The summed E-state index contributed by atoms with van der Waals surface area (Å²) in [5, 5.41) is 18.0. The minimum Gasteiger partial charge on any atom is -0.392 e. The Labute approximate surface area is 71.5 Å². The van der Waals surface area contributed by atoms with Crippen LogP contribution in [0.25, 0.3) is 0 Å². The summed E-state index contributed by atoms with van der Waals surface area (Å²) in [5.41, 5.74) is 2.07. The zero-order valence-corrected chi connectivity index (χ0v) is 6.77. The van der Waals surface area contributed by atoms with Gasteiger partial charge in [0.2, 0.25) is 0 Å². The maximum Gasteiger partial charge on any atom is 0.0681 e. The van der Waals surface area contributed by atoms with E-state index in [0.717, 1.165) is 17.5 Å². The van der Waals surface area contributed by atoms with E-state index in [2.05, 4.69) is 0 Å². The van der Waals surface area contributed by atoms with E-state index >= 15 is 0 Å². The Morgan fingerprint density at radius 2 is 2.17 bits per heavy atom. The summed E-state index contributed by atoms with van der Waals surface area (Å²) in [7, 11) is 0. The minimum absolute atomic E-state index is 0.0800. The first kappa shape index (κ1) is 7.77. The average Bonchev–Trinajstić information content (AvgIpc) is 2.83. The van der Waals surface area contributed by atoms with Gasteiger partial charge in [0.15, 0.2) is 0 Å². The number of aliphatic hydroxyl groups is 2. The monoisotopic (exact) mass is 164 g/mol. The second-order valence-corrected chi connectivity index (χ2v) is 3.31. The lowest BCUT2D eigenvalue weighted by Crippen LogP contribution is -1.89. The third-order valence-corrected chi connectivity index (χ3v) is 2.32. The van der Waals surface area contributed by atoms with Crippen LogP contribution in [0.3, 0.4) is 0 Å². The molecule has 0 heterocycles. The van der Waals surface area contributed by atoms with Crippen LogP contribution in [0.1, 0.15) is 23.5 Å². The van der Waals surface area contributed by atoms with Gasteiger partial charge in [0.1, 0.15) is 0 Å². The fourth-order valence-electron chi connectivity index (χ4n) is 1.46. The highest BCUT2D eigenvalue weighted by molar-refractivity contribution is 5.30. The second kappa shape index (κ2) is 2.88. The van der Waals surface area contributed by atoms with Crippen molar-refractivity contribution in [3.63, 3.8) is 0 Å². The maximum absolute atomic E-state index is 9.18. The van der Waals surface area contributed by atoms with Crippen LogP contribution in [-0.4, -0.2) is 16.3 Å².